The third-order valence-corrected chi connectivity index (χ3v) is 8.98. The normalized spacial score (nSPS) is 23.9. The average molecular weight is 651 g/mol. The van der Waals surface area contributed by atoms with Crippen molar-refractivity contribution in [1.82, 2.24) is 19.7 Å². The van der Waals surface area contributed by atoms with Crippen LogP contribution in [0.5, 0.6) is 0 Å². The third-order valence-electron chi connectivity index (χ3n) is 8.54. The zero-order valence-electron chi connectivity index (χ0n) is 24.2. The summed E-state index contributed by atoms with van der Waals surface area (Å²) in [6, 6.07) is 6.55. The summed E-state index contributed by atoms with van der Waals surface area (Å²) >= 11 is 3.39. The summed E-state index contributed by atoms with van der Waals surface area (Å²) in [5.41, 5.74) is 3.32. The summed E-state index contributed by atoms with van der Waals surface area (Å²) in [7, 11) is 0. The highest BCUT2D eigenvalue weighted by atomic mass is 79.9. The predicted octanol–water partition coefficient (Wildman–Crippen LogP) is 4.53. The maximum absolute atomic E-state index is 14.0. The molecule has 1 saturated heterocycles. The second-order valence-electron chi connectivity index (χ2n) is 11.7. The Balaban J connectivity index is 1.33. The topological polar surface area (TPSA) is 133 Å². The molecule has 3 aromatic rings. The van der Waals surface area contributed by atoms with Crippen molar-refractivity contribution in [2.24, 2.45) is 5.41 Å². The zero-order valence-corrected chi connectivity index (χ0v) is 25.8. The van der Waals surface area contributed by atoms with Gasteiger partial charge in [-0.05, 0) is 70.9 Å². The van der Waals surface area contributed by atoms with Crippen molar-refractivity contribution in [3.05, 3.63) is 63.5 Å². The van der Waals surface area contributed by atoms with Gasteiger partial charge in [0.05, 0.1) is 36.9 Å². The fourth-order valence-electron chi connectivity index (χ4n) is 6.24. The summed E-state index contributed by atoms with van der Waals surface area (Å²) < 4.78 is 13.2. The van der Waals surface area contributed by atoms with E-state index in [9.17, 15) is 19.2 Å². The number of amides is 2. The first-order chi connectivity index (χ1) is 20.5. The molecule has 4 heterocycles. The van der Waals surface area contributed by atoms with Gasteiger partial charge in [0.25, 0.3) is 0 Å². The Hall–Kier alpha value is -3.90. The van der Waals surface area contributed by atoms with Gasteiger partial charge >= 0.3 is 6.09 Å². The number of ketones is 2. The van der Waals surface area contributed by atoms with E-state index in [1.807, 2.05) is 19.1 Å². The van der Waals surface area contributed by atoms with Crippen LogP contribution in [0.2, 0.25) is 0 Å². The third kappa shape index (κ3) is 5.73. The smallest absolute Gasteiger partial charge is 0.411 e. The molecule has 224 valence electrons. The van der Waals surface area contributed by atoms with Crippen LogP contribution in [0.15, 0.2) is 41.0 Å². The largest absolute Gasteiger partial charge is 0.445 e. The summed E-state index contributed by atoms with van der Waals surface area (Å²) in [6.45, 7) is 5.83. The van der Waals surface area contributed by atoms with Crippen molar-refractivity contribution in [2.45, 2.75) is 65.3 Å². The molecule has 3 aliphatic rings. The summed E-state index contributed by atoms with van der Waals surface area (Å²) in [5.74, 6) is -0.567. The van der Waals surface area contributed by atoms with Gasteiger partial charge in [-0.2, -0.15) is 5.10 Å². The number of anilines is 1. The van der Waals surface area contributed by atoms with E-state index in [1.54, 1.807) is 29.2 Å². The van der Waals surface area contributed by atoms with Gasteiger partial charge in [-0.3, -0.25) is 24.4 Å². The number of nitrogens with one attached hydrogen (secondary N) is 1. The highest BCUT2D eigenvalue weighted by Gasteiger charge is 2.64. The Morgan fingerprint density at radius 1 is 1.16 bits per heavy atom. The molecule has 11 nitrogen and oxygen atoms in total. The minimum absolute atomic E-state index is 0.0263. The van der Waals surface area contributed by atoms with E-state index in [4.69, 9.17) is 9.47 Å². The summed E-state index contributed by atoms with van der Waals surface area (Å²) in [4.78, 5) is 58.8. The number of carbonyl (C=O) groups excluding carboxylic acids is 4. The average Bonchev–Trinajstić information content (AvgIpc) is 3.30. The fraction of sp³-hybridized carbons (Fsp3) is 0.419. The number of hydrogen-bond donors (Lipinski definition) is 1. The lowest BCUT2D eigenvalue weighted by Crippen LogP contribution is -2.45. The Morgan fingerprint density at radius 3 is 2.74 bits per heavy atom. The van der Waals surface area contributed by atoms with Gasteiger partial charge in [0, 0.05) is 29.6 Å². The first-order valence-corrected chi connectivity index (χ1v) is 15.0. The first kappa shape index (κ1) is 29.2. The van der Waals surface area contributed by atoms with Crippen LogP contribution in [-0.4, -0.2) is 68.5 Å². The molecule has 0 unspecified atom stereocenters. The van der Waals surface area contributed by atoms with Gasteiger partial charge < -0.3 is 14.4 Å². The maximum Gasteiger partial charge on any atom is 0.411 e. The van der Waals surface area contributed by atoms with E-state index in [1.165, 1.54) is 11.6 Å². The van der Waals surface area contributed by atoms with Crippen molar-refractivity contribution in [3.63, 3.8) is 0 Å². The van der Waals surface area contributed by atoms with Crippen molar-refractivity contribution in [1.29, 1.82) is 0 Å². The minimum atomic E-state index is -0.631. The number of fused-ring (bicyclic) bond motifs is 5. The number of Topliss-reactive ketones (excluding diaryl/α,β-unsaturated/α-hetero) is 2. The number of likely N-dealkylation sites (tertiary alicyclic amines) is 1. The molecular weight excluding hydrogens is 618 g/mol. The number of nitrogens with zero attached hydrogens (tertiary/aromatic N) is 4. The molecule has 6 rings (SSSR count). The summed E-state index contributed by atoms with van der Waals surface area (Å²) in [6.07, 6.45) is 4.39. The zero-order chi connectivity index (χ0) is 30.5. The number of carbonyl (C=O) groups is 4. The monoisotopic (exact) mass is 649 g/mol. The molecule has 3 atom stereocenters. The highest BCUT2D eigenvalue weighted by Crippen LogP contribution is 2.59. The van der Waals surface area contributed by atoms with Crippen LogP contribution < -0.4 is 5.32 Å². The number of pyridine rings is 1. The lowest BCUT2D eigenvalue weighted by atomic mass is 9.96. The van der Waals surface area contributed by atoms with Gasteiger partial charge in [0.2, 0.25) is 5.91 Å². The molecule has 2 aliphatic heterocycles. The van der Waals surface area contributed by atoms with Crippen LogP contribution in [-0.2, 0) is 38.6 Å². The molecule has 43 heavy (non-hydrogen) atoms. The number of aryl methyl sites for hydroxylation is 1. The van der Waals surface area contributed by atoms with E-state index in [0.29, 0.717) is 38.9 Å². The van der Waals surface area contributed by atoms with E-state index >= 15 is 0 Å². The second-order valence-corrected chi connectivity index (χ2v) is 12.6. The molecule has 0 spiro atoms. The van der Waals surface area contributed by atoms with Crippen molar-refractivity contribution in [2.75, 3.05) is 18.5 Å². The first-order valence-electron chi connectivity index (χ1n) is 14.2. The van der Waals surface area contributed by atoms with Crippen LogP contribution >= 0.6 is 15.9 Å². The Labute approximate surface area is 256 Å². The SMILES string of the molecule is CC(=O)c1nn(CC(=O)N2[C@H](C(=O)Cc3nc(Br)ccc3C)C[C@@]3(C)C[C@@H]23)c2c3cc(cc12)NC(=O)OC/C=C\COC3. The Kier molecular flexibility index (Phi) is 7.67. The molecule has 2 bridgehead atoms. The molecular formula is C31H32BrN5O6. The second kappa shape index (κ2) is 11.3. The van der Waals surface area contributed by atoms with Gasteiger partial charge in [-0.15, -0.1) is 0 Å². The molecule has 1 saturated carbocycles. The van der Waals surface area contributed by atoms with Crippen LogP contribution in [0.1, 0.15) is 54.0 Å². The van der Waals surface area contributed by atoms with Crippen LogP contribution in [0.4, 0.5) is 10.5 Å². The number of cyclic esters (lactones) is 1. The van der Waals surface area contributed by atoms with Crippen molar-refractivity contribution in [3.8, 4) is 0 Å². The van der Waals surface area contributed by atoms with E-state index in [-0.39, 0.29) is 67.4 Å². The number of benzene rings is 1. The molecule has 2 aromatic heterocycles. The molecule has 12 heteroatoms. The molecule has 1 aliphatic carbocycles. The standard InChI is InChI=1S/C31H32BrN5O6/c1-17-6-7-26(32)34-22(17)12-24(39)23-13-31(3)14-25(31)37(23)27(40)15-36-29-19-10-20(11-21(29)28(35-36)18(2)38)33-30(41)43-9-5-4-8-42-16-19/h4-7,10-11,23,25H,8-9,12-16H2,1-3H3,(H,33,41)/b5-4-/t23-,25+,31-/m0/s1. The number of halogens is 1. The number of rotatable bonds is 6. The van der Waals surface area contributed by atoms with Crippen LogP contribution in [0, 0.1) is 12.3 Å². The lowest BCUT2D eigenvalue weighted by molar-refractivity contribution is -0.139. The summed E-state index contributed by atoms with van der Waals surface area (Å²) in [5, 5.41) is 7.75. The van der Waals surface area contributed by atoms with Crippen molar-refractivity contribution < 1.29 is 28.7 Å². The maximum atomic E-state index is 14.0. The van der Waals surface area contributed by atoms with E-state index in [0.717, 1.165) is 12.0 Å². The van der Waals surface area contributed by atoms with E-state index in [2.05, 4.69) is 38.3 Å². The minimum Gasteiger partial charge on any atom is -0.445 e. The molecule has 0 radical (unpaired) electrons. The predicted molar refractivity (Wildman–Crippen MR) is 161 cm³/mol. The molecule has 2 fully saturated rings. The Bertz CT molecular complexity index is 1700. The Morgan fingerprint density at radius 2 is 1.95 bits per heavy atom. The molecule has 1 aromatic carbocycles. The number of ether oxygens (including phenoxy) is 2. The molecule has 1 N–H and O–H groups in total. The van der Waals surface area contributed by atoms with Gasteiger partial charge in [0.1, 0.15) is 23.4 Å². The fourth-order valence-corrected chi connectivity index (χ4v) is 6.58. The van der Waals surface area contributed by atoms with Gasteiger partial charge in [-0.25, -0.2) is 9.78 Å². The van der Waals surface area contributed by atoms with Gasteiger partial charge in [0.15, 0.2) is 11.6 Å². The van der Waals surface area contributed by atoms with Crippen molar-refractivity contribution >= 4 is 56.1 Å². The molecule has 2 amide bonds. The van der Waals surface area contributed by atoms with Crippen LogP contribution in [0.25, 0.3) is 10.9 Å². The number of aromatic nitrogens is 3. The lowest BCUT2D eigenvalue weighted by Gasteiger charge is -2.27. The number of hydrogen-bond acceptors (Lipinski definition) is 8. The number of piperidine rings is 1. The highest BCUT2D eigenvalue weighted by molar-refractivity contribution is 9.10. The quantitative estimate of drug-likeness (QED) is 0.234. The van der Waals surface area contributed by atoms with Gasteiger partial charge in [-0.1, -0.05) is 19.1 Å². The van der Waals surface area contributed by atoms with Crippen LogP contribution in [0.3, 0.4) is 0 Å². The van der Waals surface area contributed by atoms with E-state index < -0.39 is 12.1 Å².